The minimum absolute atomic E-state index is 1.07. The standard InChI is InChI=1S/C35H22Br4N2S2/c36-20-4-10-30-26(16-20)27-17-21(37)5-11-31(27)40(30)34-14-8-24(42-34)2-1-3-25-9-15-35(43-25)41-32-12-6-22(38)18-28(32)29-19-23(39)7-13-33(29)41/h4-19H,1-3H2. The third kappa shape index (κ3) is 5.08. The summed E-state index contributed by atoms with van der Waals surface area (Å²) >= 11 is 18.5. The summed E-state index contributed by atoms with van der Waals surface area (Å²) in [6.07, 6.45) is 3.27. The fourth-order valence-electron chi connectivity index (χ4n) is 6.09. The van der Waals surface area contributed by atoms with E-state index >= 15 is 0 Å². The molecule has 0 fully saturated rings. The second-order valence-corrected chi connectivity index (χ2v) is 16.6. The van der Waals surface area contributed by atoms with Gasteiger partial charge in [0, 0.05) is 49.2 Å². The third-order valence-corrected chi connectivity index (χ3v) is 12.2. The van der Waals surface area contributed by atoms with E-state index in [1.807, 2.05) is 22.7 Å². The van der Waals surface area contributed by atoms with Crippen molar-refractivity contribution < 1.29 is 0 Å². The lowest BCUT2D eigenvalue weighted by Crippen LogP contribution is -1.90. The van der Waals surface area contributed by atoms with E-state index in [1.54, 1.807) is 0 Å². The van der Waals surface area contributed by atoms with Crippen molar-refractivity contribution in [3.05, 3.63) is 125 Å². The van der Waals surface area contributed by atoms with Gasteiger partial charge in [0.2, 0.25) is 0 Å². The molecule has 212 valence electrons. The molecule has 8 aromatic rings. The Morgan fingerprint density at radius 1 is 0.419 bits per heavy atom. The first-order valence-corrected chi connectivity index (χ1v) is 18.7. The predicted molar refractivity (Wildman–Crippen MR) is 200 cm³/mol. The summed E-state index contributed by atoms with van der Waals surface area (Å²) in [4.78, 5) is 2.85. The molecule has 2 nitrogen and oxygen atoms in total. The molecule has 0 unspecified atom stereocenters. The molecule has 0 radical (unpaired) electrons. The summed E-state index contributed by atoms with van der Waals surface area (Å²) in [5, 5.41) is 7.58. The van der Waals surface area contributed by atoms with Gasteiger partial charge in [-0.05, 0) is 116 Å². The van der Waals surface area contributed by atoms with Crippen molar-refractivity contribution in [1.82, 2.24) is 9.13 Å². The van der Waals surface area contributed by atoms with Gasteiger partial charge in [-0.2, -0.15) is 0 Å². The van der Waals surface area contributed by atoms with Crippen molar-refractivity contribution in [2.75, 3.05) is 0 Å². The van der Waals surface area contributed by atoms with Crippen molar-refractivity contribution in [2.45, 2.75) is 19.3 Å². The van der Waals surface area contributed by atoms with Crippen molar-refractivity contribution >= 4 is 130 Å². The maximum Gasteiger partial charge on any atom is 0.100 e. The number of nitrogens with zero attached hydrogens (tertiary/aromatic N) is 2. The fourth-order valence-corrected chi connectivity index (χ4v) is 9.68. The molecule has 0 amide bonds. The number of halogens is 4. The second kappa shape index (κ2) is 11.3. The van der Waals surface area contributed by atoms with E-state index in [0.717, 1.165) is 37.2 Å². The Bertz CT molecular complexity index is 2060. The van der Waals surface area contributed by atoms with Gasteiger partial charge < -0.3 is 9.13 Å². The van der Waals surface area contributed by atoms with Crippen LogP contribution in [0, 0.1) is 0 Å². The van der Waals surface area contributed by atoms with Crippen LogP contribution in [-0.2, 0) is 12.8 Å². The lowest BCUT2D eigenvalue weighted by atomic mass is 10.2. The van der Waals surface area contributed by atoms with E-state index < -0.39 is 0 Å². The molecule has 0 aliphatic heterocycles. The van der Waals surface area contributed by atoms with Crippen LogP contribution in [-0.4, -0.2) is 9.13 Å². The van der Waals surface area contributed by atoms with Gasteiger partial charge in [-0.25, -0.2) is 0 Å². The maximum atomic E-state index is 3.67. The van der Waals surface area contributed by atoms with Gasteiger partial charge in [-0.3, -0.25) is 0 Å². The SMILES string of the molecule is Brc1ccc2c(c1)c1cc(Br)ccc1n2-c1ccc(CCCc2ccc(-n3c4ccc(Br)cc4c4cc(Br)ccc43)s2)s1. The van der Waals surface area contributed by atoms with Crippen LogP contribution in [0.4, 0.5) is 0 Å². The van der Waals surface area contributed by atoms with Gasteiger partial charge in [0.25, 0.3) is 0 Å². The molecular weight excluding hydrogens is 832 g/mol. The normalized spacial score (nSPS) is 12.0. The average Bonchev–Trinajstić information content (AvgIpc) is 3.77. The van der Waals surface area contributed by atoms with E-state index in [1.165, 1.54) is 63.4 Å². The minimum Gasteiger partial charge on any atom is -0.301 e. The lowest BCUT2D eigenvalue weighted by Gasteiger charge is -2.05. The smallest absolute Gasteiger partial charge is 0.100 e. The van der Waals surface area contributed by atoms with Crippen LogP contribution in [0.25, 0.3) is 53.6 Å². The molecule has 0 saturated heterocycles. The second-order valence-electron chi connectivity index (χ2n) is 10.7. The van der Waals surface area contributed by atoms with Crippen molar-refractivity contribution in [3.63, 3.8) is 0 Å². The lowest BCUT2D eigenvalue weighted by molar-refractivity contribution is 0.842. The van der Waals surface area contributed by atoms with Crippen LogP contribution in [0.15, 0.2) is 115 Å². The summed E-state index contributed by atoms with van der Waals surface area (Å²) in [5.74, 6) is 0. The Balaban J connectivity index is 1.05. The molecule has 0 saturated carbocycles. The van der Waals surface area contributed by atoms with E-state index in [0.29, 0.717) is 0 Å². The highest BCUT2D eigenvalue weighted by atomic mass is 79.9. The fraction of sp³-hybridized carbons (Fsp3) is 0.0857. The molecule has 0 atom stereocenters. The molecule has 0 spiro atoms. The van der Waals surface area contributed by atoms with Gasteiger partial charge in [0.1, 0.15) is 10.0 Å². The van der Waals surface area contributed by atoms with Crippen LogP contribution < -0.4 is 0 Å². The molecule has 0 bridgehead atoms. The number of aryl methyl sites for hydroxylation is 2. The Labute approximate surface area is 290 Å². The predicted octanol–water partition coefficient (Wildman–Crippen LogP) is 13.2. The summed E-state index contributed by atoms with van der Waals surface area (Å²) in [6.45, 7) is 0. The summed E-state index contributed by atoms with van der Waals surface area (Å²) in [7, 11) is 0. The first-order chi connectivity index (χ1) is 20.9. The molecule has 4 aromatic carbocycles. The molecule has 0 N–H and O–H groups in total. The Morgan fingerprint density at radius 3 is 1.07 bits per heavy atom. The van der Waals surface area contributed by atoms with Crippen molar-refractivity contribution in [1.29, 1.82) is 0 Å². The number of aromatic nitrogens is 2. The number of hydrogen-bond donors (Lipinski definition) is 0. The van der Waals surface area contributed by atoms with Gasteiger partial charge >= 0.3 is 0 Å². The zero-order valence-corrected chi connectivity index (χ0v) is 30.6. The molecule has 8 heteroatoms. The zero-order chi connectivity index (χ0) is 29.2. The monoisotopic (exact) mass is 850 g/mol. The highest BCUT2D eigenvalue weighted by Crippen LogP contribution is 2.39. The van der Waals surface area contributed by atoms with Gasteiger partial charge in [-0.15, -0.1) is 22.7 Å². The average molecular weight is 854 g/mol. The van der Waals surface area contributed by atoms with Crippen LogP contribution in [0.5, 0.6) is 0 Å². The zero-order valence-electron chi connectivity index (χ0n) is 22.6. The summed E-state index contributed by atoms with van der Waals surface area (Å²) in [6, 6.07) is 35.5. The Morgan fingerprint density at radius 2 is 0.744 bits per heavy atom. The Hall–Kier alpha value is -2.20. The number of hydrogen-bond acceptors (Lipinski definition) is 2. The molecule has 0 aliphatic rings. The molecule has 0 aliphatic carbocycles. The first-order valence-electron chi connectivity index (χ1n) is 13.9. The largest absolute Gasteiger partial charge is 0.301 e. The van der Waals surface area contributed by atoms with Crippen LogP contribution in [0.2, 0.25) is 0 Å². The van der Waals surface area contributed by atoms with Gasteiger partial charge in [-0.1, -0.05) is 63.7 Å². The van der Waals surface area contributed by atoms with Gasteiger partial charge in [0.15, 0.2) is 0 Å². The third-order valence-electron chi connectivity index (χ3n) is 7.96. The van der Waals surface area contributed by atoms with Crippen molar-refractivity contribution in [2.24, 2.45) is 0 Å². The van der Waals surface area contributed by atoms with E-state index in [9.17, 15) is 0 Å². The van der Waals surface area contributed by atoms with E-state index in [2.05, 4.69) is 170 Å². The Kier molecular flexibility index (Phi) is 7.44. The number of rotatable bonds is 6. The molecular formula is C35H22Br4N2S2. The van der Waals surface area contributed by atoms with Crippen LogP contribution in [0.1, 0.15) is 16.2 Å². The number of fused-ring (bicyclic) bond motifs is 6. The highest BCUT2D eigenvalue weighted by Gasteiger charge is 2.16. The maximum absolute atomic E-state index is 3.67. The first kappa shape index (κ1) is 28.3. The summed E-state index contributed by atoms with van der Waals surface area (Å²) in [5.41, 5.74) is 4.95. The number of thiophene rings is 2. The molecule has 4 aromatic heterocycles. The van der Waals surface area contributed by atoms with Crippen LogP contribution >= 0.6 is 86.4 Å². The summed E-state index contributed by atoms with van der Waals surface area (Å²) < 4.78 is 9.21. The van der Waals surface area contributed by atoms with Crippen molar-refractivity contribution in [3.8, 4) is 10.0 Å². The topological polar surface area (TPSA) is 9.86 Å². The van der Waals surface area contributed by atoms with E-state index in [4.69, 9.17) is 0 Å². The van der Waals surface area contributed by atoms with Crippen LogP contribution in [0.3, 0.4) is 0 Å². The number of benzene rings is 4. The quantitative estimate of drug-likeness (QED) is 0.158. The van der Waals surface area contributed by atoms with E-state index in [-0.39, 0.29) is 0 Å². The minimum atomic E-state index is 1.07. The molecule has 43 heavy (non-hydrogen) atoms. The molecule has 4 heterocycles. The van der Waals surface area contributed by atoms with Gasteiger partial charge in [0.05, 0.1) is 22.1 Å². The highest BCUT2D eigenvalue weighted by molar-refractivity contribution is 9.11. The molecule has 8 rings (SSSR count).